The molecule has 0 spiro atoms. The van der Waals surface area contributed by atoms with Crippen LogP contribution in [0.5, 0.6) is 5.75 Å². The van der Waals surface area contributed by atoms with E-state index in [9.17, 15) is 13.2 Å². The molecular formula is C19H22N2O4S. The van der Waals surface area contributed by atoms with E-state index in [2.05, 4.69) is 10.0 Å². The number of nitrogens with one attached hydrogen (secondary N) is 2. The van der Waals surface area contributed by atoms with Gasteiger partial charge in [0, 0.05) is 18.2 Å². The van der Waals surface area contributed by atoms with Crippen molar-refractivity contribution in [3.8, 4) is 5.75 Å². The quantitative estimate of drug-likeness (QED) is 0.814. The molecule has 0 aromatic heterocycles. The molecular weight excluding hydrogens is 352 g/mol. The topological polar surface area (TPSA) is 84.5 Å². The Morgan fingerprint density at radius 2 is 1.88 bits per heavy atom. The number of rotatable bonds is 6. The van der Waals surface area contributed by atoms with Crippen LogP contribution in [0, 0.1) is 0 Å². The molecule has 1 atom stereocenters. The predicted molar refractivity (Wildman–Crippen MR) is 99.7 cm³/mol. The van der Waals surface area contributed by atoms with Gasteiger partial charge in [-0.1, -0.05) is 19.1 Å². The van der Waals surface area contributed by atoms with E-state index in [0.29, 0.717) is 24.9 Å². The average molecular weight is 374 g/mol. The van der Waals surface area contributed by atoms with Crippen LogP contribution in [-0.2, 0) is 21.2 Å². The van der Waals surface area contributed by atoms with Crippen LogP contribution in [0.1, 0.15) is 36.9 Å². The molecule has 1 aliphatic rings. The van der Waals surface area contributed by atoms with E-state index in [0.717, 1.165) is 16.9 Å². The zero-order valence-electron chi connectivity index (χ0n) is 14.8. The summed E-state index contributed by atoms with van der Waals surface area (Å²) in [6.07, 6.45) is 1.53. The first-order valence-corrected chi connectivity index (χ1v) is 10.0. The number of hydrogen-bond donors (Lipinski definition) is 2. The lowest BCUT2D eigenvalue weighted by atomic mass is 10.0. The van der Waals surface area contributed by atoms with Crippen molar-refractivity contribution in [2.45, 2.75) is 37.1 Å². The summed E-state index contributed by atoms with van der Waals surface area (Å²) in [5.74, 6) is 0.681. The Morgan fingerprint density at radius 1 is 1.15 bits per heavy atom. The second kappa shape index (κ2) is 7.47. The van der Waals surface area contributed by atoms with E-state index in [1.165, 1.54) is 6.07 Å². The van der Waals surface area contributed by atoms with Crippen molar-refractivity contribution in [2.75, 3.05) is 12.4 Å². The molecule has 0 fully saturated rings. The van der Waals surface area contributed by atoms with E-state index in [4.69, 9.17) is 4.74 Å². The number of hydrogen-bond acceptors (Lipinski definition) is 4. The van der Waals surface area contributed by atoms with Gasteiger partial charge in [0.1, 0.15) is 5.75 Å². The molecule has 0 radical (unpaired) electrons. The third kappa shape index (κ3) is 3.89. The van der Waals surface area contributed by atoms with Crippen LogP contribution in [0.3, 0.4) is 0 Å². The standard InChI is InChI=1S/C19H22N2O4S/c1-3-17(13-4-7-15(25-2)8-5-13)21-26(23,24)16-9-10-18-14(12-16)6-11-19(22)20-18/h4-5,7-10,12,17,21H,3,6,11H2,1-2H3,(H,20,22)/t17-/m0/s1. The number of methoxy groups -OCH3 is 1. The average Bonchev–Trinajstić information content (AvgIpc) is 2.65. The number of ether oxygens (including phenoxy) is 1. The van der Waals surface area contributed by atoms with Gasteiger partial charge in [-0.15, -0.1) is 0 Å². The third-order valence-corrected chi connectivity index (χ3v) is 5.98. The maximum absolute atomic E-state index is 12.8. The van der Waals surface area contributed by atoms with E-state index in [-0.39, 0.29) is 16.8 Å². The first-order chi connectivity index (χ1) is 12.4. The van der Waals surface area contributed by atoms with Crippen LogP contribution in [0.4, 0.5) is 5.69 Å². The number of carbonyl (C=O) groups is 1. The van der Waals surface area contributed by atoms with Gasteiger partial charge in [-0.3, -0.25) is 4.79 Å². The summed E-state index contributed by atoms with van der Waals surface area (Å²) in [6.45, 7) is 1.93. The minimum atomic E-state index is -3.68. The van der Waals surface area contributed by atoms with Crippen molar-refractivity contribution in [1.82, 2.24) is 4.72 Å². The number of carbonyl (C=O) groups excluding carboxylic acids is 1. The zero-order chi connectivity index (χ0) is 18.7. The highest BCUT2D eigenvalue weighted by Crippen LogP contribution is 2.27. The third-order valence-electron chi connectivity index (χ3n) is 4.51. The Bertz CT molecular complexity index is 908. The first kappa shape index (κ1) is 18.4. The van der Waals surface area contributed by atoms with E-state index in [1.807, 2.05) is 31.2 Å². The highest BCUT2D eigenvalue weighted by atomic mass is 32.2. The first-order valence-electron chi connectivity index (χ1n) is 8.52. The van der Waals surface area contributed by atoms with Crippen molar-refractivity contribution < 1.29 is 17.9 Å². The minimum Gasteiger partial charge on any atom is -0.497 e. The molecule has 0 unspecified atom stereocenters. The molecule has 3 rings (SSSR count). The Labute approximate surface area is 153 Å². The number of benzene rings is 2. The highest BCUT2D eigenvalue weighted by molar-refractivity contribution is 7.89. The maximum atomic E-state index is 12.8. The second-order valence-corrected chi connectivity index (χ2v) is 7.94. The van der Waals surface area contributed by atoms with Gasteiger partial charge in [0.05, 0.1) is 12.0 Å². The van der Waals surface area contributed by atoms with Crippen molar-refractivity contribution in [2.24, 2.45) is 0 Å². The molecule has 1 aliphatic heterocycles. The largest absolute Gasteiger partial charge is 0.497 e. The molecule has 2 aromatic rings. The summed E-state index contributed by atoms with van der Waals surface area (Å²) in [5.41, 5.74) is 2.40. The van der Waals surface area contributed by atoms with Crippen LogP contribution < -0.4 is 14.8 Å². The van der Waals surface area contributed by atoms with Gasteiger partial charge in [-0.25, -0.2) is 13.1 Å². The van der Waals surface area contributed by atoms with Crippen LogP contribution in [-0.4, -0.2) is 21.4 Å². The van der Waals surface area contributed by atoms with Gasteiger partial charge in [-0.05, 0) is 54.3 Å². The molecule has 26 heavy (non-hydrogen) atoms. The molecule has 138 valence electrons. The lowest BCUT2D eigenvalue weighted by Crippen LogP contribution is -2.28. The summed E-state index contributed by atoms with van der Waals surface area (Å²) in [7, 11) is -2.09. The van der Waals surface area contributed by atoms with Gasteiger partial charge in [0.2, 0.25) is 15.9 Å². The summed E-state index contributed by atoms with van der Waals surface area (Å²) >= 11 is 0. The Balaban J connectivity index is 1.83. The highest BCUT2D eigenvalue weighted by Gasteiger charge is 2.23. The van der Waals surface area contributed by atoms with Gasteiger partial charge >= 0.3 is 0 Å². The molecule has 1 amide bonds. The summed E-state index contributed by atoms with van der Waals surface area (Å²) in [6, 6.07) is 11.8. The van der Waals surface area contributed by atoms with Crippen molar-refractivity contribution >= 4 is 21.6 Å². The lowest BCUT2D eigenvalue weighted by molar-refractivity contribution is -0.116. The van der Waals surface area contributed by atoms with Gasteiger partial charge < -0.3 is 10.1 Å². The van der Waals surface area contributed by atoms with E-state index >= 15 is 0 Å². The van der Waals surface area contributed by atoms with Crippen LogP contribution >= 0.6 is 0 Å². The monoisotopic (exact) mass is 374 g/mol. The number of amides is 1. The lowest BCUT2D eigenvalue weighted by Gasteiger charge is -2.20. The summed E-state index contributed by atoms with van der Waals surface area (Å²) < 4.78 is 33.6. The summed E-state index contributed by atoms with van der Waals surface area (Å²) in [4.78, 5) is 11.7. The predicted octanol–water partition coefficient (Wildman–Crippen LogP) is 3.01. The molecule has 0 bridgehead atoms. The SMILES string of the molecule is CC[C@H](NS(=O)(=O)c1ccc2c(c1)CCC(=O)N2)c1ccc(OC)cc1. The zero-order valence-corrected chi connectivity index (χ0v) is 15.6. The fraction of sp³-hybridized carbons (Fsp3) is 0.316. The molecule has 0 saturated heterocycles. The molecule has 6 nitrogen and oxygen atoms in total. The smallest absolute Gasteiger partial charge is 0.241 e. The Kier molecular flexibility index (Phi) is 5.29. The number of anilines is 1. The van der Waals surface area contributed by atoms with Gasteiger partial charge in [0.15, 0.2) is 0 Å². The van der Waals surface area contributed by atoms with Crippen LogP contribution in [0.2, 0.25) is 0 Å². The summed E-state index contributed by atoms with van der Waals surface area (Å²) in [5, 5.41) is 2.76. The van der Waals surface area contributed by atoms with Crippen molar-refractivity contribution in [3.63, 3.8) is 0 Å². The Morgan fingerprint density at radius 3 is 2.54 bits per heavy atom. The van der Waals surface area contributed by atoms with Gasteiger partial charge in [0.25, 0.3) is 0 Å². The fourth-order valence-electron chi connectivity index (χ4n) is 3.01. The van der Waals surface area contributed by atoms with E-state index < -0.39 is 10.0 Å². The normalized spacial score (nSPS) is 15.1. The number of sulfonamides is 1. The van der Waals surface area contributed by atoms with Crippen molar-refractivity contribution in [3.05, 3.63) is 53.6 Å². The Hall–Kier alpha value is -2.38. The fourth-order valence-corrected chi connectivity index (χ4v) is 4.36. The molecule has 0 aliphatic carbocycles. The molecule has 2 aromatic carbocycles. The van der Waals surface area contributed by atoms with Crippen molar-refractivity contribution in [1.29, 1.82) is 0 Å². The maximum Gasteiger partial charge on any atom is 0.241 e. The van der Waals surface area contributed by atoms with Gasteiger partial charge in [-0.2, -0.15) is 0 Å². The van der Waals surface area contributed by atoms with Crippen LogP contribution in [0.15, 0.2) is 47.4 Å². The minimum absolute atomic E-state index is 0.0446. The molecule has 7 heteroatoms. The number of aryl methyl sites for hydroxylation is 1. The van der Waals surface area contributed by atoms with E-state index in [1.54, 1.807) is 19.2 Å². The second-order valence-electron chi connectivity index (χ2n) is 6.22. The molecule has 2 N–H and O–H groups in total. The number of fused-ring (bicyclic) bond motifs is 1. The van der Waals surface area contributed by atoms with Crippen LogP contribution in [0.25, 0.3) is 0 Å². The molecule has 0 saturated carbocycles. The molecule has 1 heterocycles.